The Morgan fingerprint density at radius 3 is 2.68 bits per heavy atom. The summed E-state index contributed by atoms with van der Waals surface area (Å²) in [6.45, 7) is 3.71. The summed E-state index contributed by atoms with van der Waals surface area (Å²) in [6, 6.07) is 8.11. The monoisotopic (exact) mass is 491 g/mol. The first kappa shape index (κ1) is 25.7. The van der Waals surface area contributed by atoms with Crippen molar-refractivity contribution in [1.82, 2.24) is 20.5 Å². The lowest BCUT2D eigenvalue weighted by Gasteiger charge is -2.38. The zero-order valence-electron chi connectivity index (χ0n) is 19.2. The fraction of sp³-hybridized carbons (Fsp3) is 0.435. The van der Waals surface area contributed by atoms with Gasteiger partial charge in [-0.05, 0) is 30.2 Å². The maximum Gasteiger partial charge on any atom is 0.335 e. The van der Waals surface area contributed by atoms with E-state index in [1.165, 1.54) is 13.2 Å². The Morgan fingerprint density at radius 2 is 2.03 bits per heavy atom. The van der Waals surface area contributed by atoms with Gasteiger partial charge in [-0.1, -0.05) is 23.7 Å². The number of methoxy groups -OCH3 is 2. The topological polar surface area (TPSA) is 139 Å². The molecule has 0 radical (unpaired) electrons. The fourth-order valence-corrected chi connectivity index (χ4v) is 4.02. The van der Waals surface area contributed by atoms with Gasteiger partial charge in [-0.2, -0.15) is 4.98 Å². The molecule has 2 atom stereocenters. The summed E-state index contributed by atoms with van der Waals surface area (Å²) in [5.41, 5.74) is 7.22. The highest BCUT2D eigenvalue weighted by Crippen LogP contribution is 2.25. The number of amides is 1. The number of halogens is 1. The first-order valence-electron chi connectivity index (χ1n) is 10.9. The Balaban J connectivity index is 1.47. The third-order valence-corrected chi connectivity index (χ3v) is 6.11. The minimum atomic E-state index is -0.931. The van der Waals surface area contributed by atoms with Crippen LogP contribution in [0, 0.1) is 0 Å². The number of carboxylic acid groups (broad SMARTS) is 1. The van der Waals surface area contributed by atoms with Gasteiger partial charge in [0.2, 0.25) is 5.88 Å². The largest absolute Gasteiger partial charge is 0.480 e. The maximum atomic E-state index is 12.9. The Labute approximate surface area is 203 Å². The minimum absolute atomic E-state index is 0.101. The normalized spacial score (nSPS) is 18.4. The number of carbonyl (C=O) groups excluding carboxylic acids is 1. The number of nitrogen functional groups attached to an aromatic ring is 1. The SMILES string of the molecule is COc1nc(N)c(Cl)cc1C(=O)N[C@@H]1CCN(CCNCc2ccc(C(=O)O)cc2)C[C@@H]1OC. The number of hydrogen-bond acceptors (Lipinski definition) is 8. The first-order valence-corrected chi connectivity index (χ1v) is 11.3. The van der Waals surface area contributed by atoms with Gasteiger partial charge in [-0.15, -0.1) is 0 Å². The van der Waals surface area contributed by atoms with E-state index in [-0.39, 0.29) is 45.9 Å². The molecule has 1 saturated heterocycles. The molecule has 184 valence electrons. The van der Waals surface area contributed by atoms with Crippen LogP contribution in [-0.2, 0) is 11.3 Å². The molecule has 0 bridgehead atoms. The van der Waals surface area contributed by atoms with Gasteiger partial charge in [-0.25, -0.2) is 4.79 Å². The van der Waals surface area contributed by atoms with Gasteiger partial charge >= 0.3 is 5.97 Å². The number of anilines is 1. The van der Waals surface area contributed by atoms with E-state index in [4.69, 9.17) is 31.9 Å². The number of pyridine rings is 1. The summed E-state index contributed by atoms with van der Waals surface area (Å²) in [5, 5.41) is 15.5. The van der Waals surface area contributed by atoms with Crippen molar-refractivity contribution >= 4 is 29.3 Å². The van der Waals surface area contributed by atoms with Crippen LogP contribution in [0.2, 0.25) is 5.02 Å². The predicted octanol–water partition coefficient (Wildman–Crippen LogP) is 1.63. The Morgan fingerprint density at radius 1 is 1.29 bits per heavy atom. The van der Waals surface area contributed by atoms with Crippen molar-refractivity contribution in [3.63, 3.8) is 0 Å². The van der Waals surface area contributed by atoms with E-state index in [1.807, 2.05) is 12.1 Å². The quantitative estimate of drug-likeness (QED) is 0.365. The summed E-state index contributed by atoms with van der Waals surface area (Å²) in [6.07, 6.45) is 0.545. The number of ether oxygens (including phenoxy) is 2. The summed E-state index contributed by atoms with van der Waals surface area (Å²) < 4.78 is 10.8. The average Bonchev–Trinajstić information content (AvgIpc) is 2.84. The number of nitrogens with zero attached hydrogens (tertiary/aromatic N) is 2. The van der Waals surface area contributed by atoms with E-state index in [1.54, 1.807) is 19.2 Å². The van der Waals surface area contributed by atoms with Gasteiger partial charge in [0, 0.05) is 39.8 Å². The van der Waals surface area contributed by atoms with Crippen molar-refractivity contribution in [2.75, 3.05) is 46.1 Å². The molecule has 34 heavy (non-hydrogen) atoms. The highest BCUT2D eigenvalue weighted by molar-refractivity contribution is 6.33. The molecule has 1 fully saturated rings. The van der Waals surface area contributed by atoms with Gasteiger partial charge in [0.05, 0.1) is 29.8 Å². The van der Waals surface area contributed by atoms with Crippen LogP contribution in [0.25, 0.3) is 0 Å². The number of nitrogens with two attached hydrogens (primary N) is 1. The van der Waals surface area contributed by atoms with E-state index in [0.717, 1.165) is 31.6 Å². The molecule has 1 aliphatic rings. The molecule has 11 heteroatoms. The lowest BCUT2D eigenvalue weighted by Crippen LogP contribution is -2.55. The fourth-order valence-electron chi connectivity index (χ4n) is 3.87. The Kier molecular flexibility index (Phi) is 9.05. The number of carboxylic acids is 1. The van der Waals surface area contributed by atoms with Crippen molar-refractivity contribution in [2.24, 2.45) is 0 Å². The van der Waals surface area contributed by atoms with E-state index in [9.17, 15) is 9.59 Å². The average molecular weight is 492 g/mol. The van der Waals surface area contributed by atoms with Crippen LogP contribution < -0.4 is 21.1 Å². The summed E-state index contributed by atoms with van der Waals surface area (Å²) in [7, 11) is 3.05. The van der Waals surface area contributed by atoms with Crippen LogP contribution in [0.1, 0.15) is 32.7 Å². The van der Waals surface area contributed by atoms with Crippen molar-refractivity contribution in [1.29, 1.82) is 0 Å². The molecule has 0 saturated carbocycles. The van der Waals surface area contributed by atoms with E-state index >= 15 is 0 Å². The lowest BCUT2D eigenvalue weighted by molar-refractivity contribution is 0.00676. The number of rotatable bonds is 10. The zero-order chi connectivity index (χ0) is 24.7. The molecule has 5 N–H and O–H groups in total. The summed E-state index contributed by atoms with van der Waals surface area (Å²) in [5.74, 6) is -1.05. The molecule has 0 aliphatic carbocycles. The molecule has 1 aliphatic heterocycles. The molecule has 2 heterocycles. The predicted molar refractivity (Wildman–Crippen MR) is 128 cm³/mol. The number of nitrogens with one attached hydrogen (secondary N) is 2. The lowest BCUT2D eigenvalue weighted by atomic mass is 10.0. The highest BCUT2D eigenvalue weighted by atomic mass is 35.5. The molecule has 10 nitrogen and oxygen atoms in total. The minimum Gasteiger partial charge on any atom is -0.480 e. The number of aromatic carboxylic acids is 1. The summed E-state index contributed by atoms with van der Waals surface area (Å²) >= 11 is 6.04. The number of aromatic nitrogens is 1. The number of carbonyl (C=O) groups is 2. The first-order chi connectivity index (χ1) is 16.3. The molecule has 0 unspecified atom stereocenters. The Bertz CT molecular complexity index is 1000. The highest BCUT2D eigenvalue weighted by Gasteiger charge is 2.31. The maximum absolute atomic E-state index is 12.9. The van der Waals surface area contributed by atoms with Crippen molar-refractivity contribution in [3.05, 3.63) is 52.0 Å². The van der Waals surface area contributed by atoms with E-state index < -0.39 is 5.97 Å². The Hall–Kier alpha value is -2.92. The number of piperidine rings is 1. The molecule has 2 aromatic rings. The smallest absolute Gasteiger partial charge is 0.335 e. The van der Waals surface area contributed by atoms with E-state index in [2.05, 4.69) is 20.5 Å². The van der Waals surface area contributed by atoms with Crippen LogP contribution in [0.4, 0.5) is 5.82 Å². The molecular formula is C23H30ClN5O5. The zero-order valence-corrected chi connectivity index (χ0v) is 20.0. The van der Waals surface area contributed by atoms with Gasteiger partial charge < -0.3 is 30.9 Å². The molecule has 3 rings (SSSR count). The van der Waals surface area contributed by atoms with Crippen molar-refractivity contribution in [2.45, 2.75) is 25.1 Å². The van der Waals surface area contributed by atoms with Crippen LogP contribution in [0.3, 0.4) is 0 Å². The van der Waals surface area contributed by atoms with Gasteiger partial charge in [0.1, 0.15) is 11.4 Å². The van der Waals surface area contributed by atoms with Crippen LogP contribution in [-0.4, -0.2) is 79.4 Å². The van der Waals surface area contributed by atoms with Crippen LogP contribution in [0.15, 0.2) is 30.3 Å². The van der Waals surface area contributed by atoms with Crippen molar-refractivity contribution in [3.8, 4) is 5.88 Å². The number of benzene rings is 1. The van der Waals surface area contributed by atoms with E-state index in [0.29, 0.717) is 13.1 Å². The van der Waals surface area contributed by atoms with Crippen LogP contribution >= 0.6 is 11.6 Å². The third kappa shape index (κ3) is 6.57. The molecule has 1 aromatic carbocycles. The van der Waals surface area contributed by atoms with Gasteiger partial charge in [-0.3, -0.25) is 9.69 Å². The molecule has 1 aromatic heterocycles. The second-order valence-corrected chi connectivity index (χ2v) is 8.44. The number of likely N-dealkylation sites (tertiary alicyclic amines) is 1. The third-order valence-electron chi connectivity index (χ3n) is 5.80. The standard InChI is InChI=1S/C23H30ClN5O5/c1-33-19-13-29(10-8-26-12-14-3-5-15(6-4-14)23(31)32)9-7-18(19)27-21(30)16-11-17(24)20(25)28-22(16)34-2/h3-6,11,18-19,26H,7-10,12-13H2,1-2H3,(H2,25,28)(H,27,30)(H,31,32)/t18-,19+/m1/s1. The van der Waals surface area contributed by atoms with Gasteiger partial charge in [0.15, 0.2) is 0 Å². The van der Waals surface area contributed by atoms with Crippen molar-refractivity contribution < 1.29 is 24.2 Å². The second kappa shape index (κ2) is 12.0. The molecule has 0 spiro atoms. The summed E-state index contributed by atoms with van der Waals surface area (Å²) in [4.78, 5) is 30.1. The van der Waals surface area contributed by atoms with Gasteiger partial charge in [0.25, 0.3) is 5.91 Å². The molecular weight excluding hydrogens is 462 g/mol. The molecule has 1 amide bonds. The van der Waals surface area contributed by atoms with Crippen LogP contribution in [0.5, 0.6) is 5.88 Å². The second-order valence-electron chi connectivity index (χ2n) is 8.03. The number of hydrogen-bond donors (Lipinski definition) is 4.